The Hall–Kier alpha value is -2.12. The number of aliphatic hydroxyl groups excluding tert-OH is 1. The number of benzene rings is 2. The van der Waals surface area contributed by atoms with Gasteiger partial charge in [0.1, 0.15) is 0 Å². The van der Waals surface area contributed by atoms with Crippen LogP contribution in [0.1, 0.15) is 16.7 Å². The smallest absolute Gasteiger partial charge is 0.0690 e. The summed E-state index contributed by atoms with van der Waals surface area (Å²) < 4.78 is 0. The third kappa shape index (κ3) is 2.38. The normalized spacial score (nSPS) is 14.2. The zero-order valence-corrected chi connectivity index (χ0v) is 10.7. The zero-order chi connectivity index (χ0) is 13.1. The highest BCUT2D eigenvalue weighted by Gasteiger charge is 2.18. The molecule has 19 heavy (non-hydrogen) atoms. The van der Waals surface area contributed by atoms with Crippen LogP contribution in [0.4, 0.5) is 0 Å². The molecule has 0 saturated carbocycles. The summed E-state index contributed by atoms with van der Waals surface area (Å²) in [6, 6.07) is 18.5. The maximum absolute atomic E-state index is 9.59. The second-order valence-corrected chi connectivity index (χ2v) is 4.74. The van der Waals surface area contributed by atoms with E-state index in [0.29, 0.717) is 0 Å². The third-order valence-electron chi connectivity index (χ3n) is 3.55. The fourth-order valence-corrected chi connectivity index (χ4v) is 2.56. The third-order valence-corrected chi connectivity index (χ3v) is 3.55. The van der Waals surface area contributed by atoms with Crippen molar-refractivity contribution in [2.75, 3.05) is 6.61 Å². The molecule has 3 rings (SSSR count). The lowest BCUT2D eigenvalue weighted by atomic mass is 10.1. The Labute approximate surface area is 113 Å². The summed E-state index contributed by atoms with van der Waals surface area (Å²) in [5.74, 6) is 0. The van der Waals surface area contributed by atoms with E-state index in [1.807, 2.05) is 24.3 Å². The first-order valence-corrected chi connectivity index (χ1v) is 6.53. The van der Waals surface area contributed by atoms with Crippen molar-refractivity contribution in [3.05, 3.63) is 82.9 Å². The Morgan fingerprint density at radius 3 is 2.42 bits per heavy atom. The van der Waals surface area contributed by atoms with E-state index in [9.17, 15) is 5.11 Å². The van der Waals surface area contributed by atoms with Gasteiger partial charge in [0, 0.05) is 0 Å². The molecule has 1 aliphatic carbocycles. The molecule has 2 aromatic rings. The van der Waals surface area contributed by atoms with E-state index in [2.05, 4.69) is 42.5 Å². The predicted molar refractivity (Wildman–Crippen MR) is 79.6 cm³/mol. The maximum Gasteiger partial charge on any atom is 0.0690 e. The van der Waals surface area contributed by atoms with Gasteiger partial charge in [0.2, 0.25) is 0 Å². The van der Waals surface area contributed by atoms with Crippen molar-refractivity contribution in [3.8, 4) is 0 Å². The molecule has 94 valence electrons. The first-order chi connectivity index (χ1) is 9.38. The molecule has 0 spiro atoms. The van der Waals surface area contributed by atoms with E-state index in [0.717, 1.165) is 12.0 Å². The van der Waals surface area contributed by atoms with Gasteiger partial charge in [0.05, 0.1) is 6.61 Å². The molecule has 0 aromatic heterocycles. The van der Waals surface area contributed by atoms with E-state index in [1.165, 1.54) is 22.3 Å². The second kappa shape index (κ2) is 5.25. The lowest BCUT2D eigenvalue weighted by Crippen LogP contribution is -1.89. The summed E-state index contributed by atoms with van der Waals surface area (Å²) in [4.78, 5) is 0. The molecule has 0 bridgehead atoms. The molecule has 1 N–H and O–H groups in total. The van der Waals surface area contributed by atoms with Crippen LogP contribution in [0.2, 0.25) is 0 Å². The Bertz CT molecular complexity index is 636. The van der Waals surface area contributed by atoms with E-state index in [4.69, 9.17) is 0 Å². The average molecular weight is 248 g/mol. The van der Waals surface area contributed by atoms with Crippen LogP contribution in [0, 0.1) is 0 Å². The molecular formula is C18H16O. The summed E-state index contributed by atoms with van der Waals surface area (Å²) in [5.41, 5.74) is 5.95. The highest BCUT2D eigenvalue weighted by molar-refractivity contribution is 5.80. The minimum Gasteiger partial charge on any atom is -0.392 e. The quantitative estimate of drug-likeness (QED) is 0.878. The average Bonchev–Trinajstić information content (AvgIpc) is 2.83. The van der Waals surface area contributed by atoms with Crippen molar-refractivity contribution in [3.63, 3.8) is 0 Å². The van der Waals surface area contributed by atoms with Crippen molar-refractivity contribution < 1.29 is 5.11 Å². The molecule has 1 aliphatic rings. The molecule has 0 atom stereocenters. The SMILES string of the molecule is OCC1=C(/C=C/c2ccccc2)Cc2ccccc21. The van der Waals surface area contributed by atoms with Crippen molar-refractivity contribution in [1.29, 1.82) is 0 Å². The van der Waals surface area contributed by atoms with Gasteiger partial charge in [-0.05, 0) is 34.3 Å². The fraction of sp³-hybridized carbons (Fsp3) is 0.111. The topological polar surface area (TPSA) is 20.2 Å². The van der Waals surface area contributed by atoms with Crippen molar-refractivity contribution in [1.82, 2.24) is 0 Å². The Balaban J connectivity index is 1.92. The first-order valence-electron chi connectivity index (χ1n) is 6.53. The van der Waals surface area contributed by atoms with Crippen LogP contribution in [0.3, 0.4) is 0 Å². The van der Waals surface area contributed by atoms with Crippen LogP contribution in [0.15, 0.2) is 66.2 Å². The zero-order valence-electron chi connectivity index (χ0n) is 10.7. The molecule has 0 fully saturated rings. The maximum atomic E-state index is 9.59. The molecule has 0 unspecified atom stereocenters. The van der Waals surface area contributed by atoms with Gasteiger partial charge < -0.3 is 5.11 Å². The molecule has 0 heterocycles. The van der Waals surface area contributed by atoms with Crippen LogP contribution < -0.4 is 0 Å². The molecule has 2 aromatic carbocycles. The van der Waals surface area contributed by atoms with Crippen LogP contribution in [-0.2, 0) is 6.42 Å². The largest absolute Gasteiger partial charge is 0.392 e. The van der Waals surface area contributed by atoms with Gasteiger partial charge in [-0.1, -0.05) is 66.7 Å². The van der Waals surface area contributed by atoms with Crippen LogP contribution in [-0.4, -0.2) is 11.7 Å². The van der Waals surface area contributed by atoms with Crippen molar-refractivity contribution in [2.45, 2.75) is 6.42 Å². The van der Waals surface area contributed by atoms with E-state index in [1.54, 1.807) is 0 Å². The standard InChI is InChI=1S/C18H16O/c19-13-18-16(11-10-14-6-2-1-3-7-14)12-15-8-4-5-9-17(15)18/h1-11,19H,12-13H2/b11-10+. The van der Waals surface area contributed by atoms with Gasteiger partial charge in [0.15, 0.2) is 0 Å². The van der Waals surface area contributed by atoms with E-state index < -0.39 is 0 Å². The molecule has 0 amide bonds. The number of hydrogen-bond acceptors (Lipinski definition) is 1. The first kappa shape index (κ1) is 11.9. The summed E-state index contributed by atoms with van der Waals surface area (Å²) >= 11 is 0. The second-order valence-electron chi connectivity index (χ2n) is 4.74. The van der Waals surface area contributed by atoms with Crippen LogP contribution in [0.25, 0.3) is 11.6 Å². The Kier molecular flexibility index (Phi) is 3.30. The summed E-state index contributed by atoms with van der Waals surface area (Å²) in [7, 11) is 0. The lowest BCUT2D eigenvalue weighted by Gasteiger charge is -2.01. The molecular weight excluding hydrogens is 232 g/mol. The summed E-state index contributed by atoms with van der Waals surface area (Å²) in [6.07, 6.45) is 5.15. The monoisotopic (exact) mass is 248 g/mol. The van der Waals surface area contributed by atoms with Gasteiger partial charge in [-0.2, -0.15) is 0 Å². The molecule has 0 saturated heterocycles. The minimum absolute atomic E-state index is 0.103. The van der Waals surface area contributed by atoms with Gasteiger partial charge in [-0.25, -0.2) is 0 Å². The highest BCUT2D eigenvalue weighted by Crippen LogP contribution is 2.33. The lowest BCUT2D eigenvalue weighted by molar-refractivity contribution is 0.350. The van der Waals surface area contributed by atoms with Crippen LogP contribution in [0.5, 0.6) is 0 Å². The molecule has 0 aliphatic heterocycles. The van der Waals surface area contributed by atoms with E-state index in [-0.39, 0.29) is 6.61 Å². The van der Waals surface area contributed by atoms with Crippen molar-refractivity contribution >= 4 is 11.6 Å². The number of rotatable bonds is 3. The molecule has 0 radical (unpaired) electrons. The Morgan fingerprint density at radius 2 is 1.63 bits per heavy atom. The van der Waals surface area contributed by atoms with Gasteiger partial charge in [0.25, 0.3) is 0 Å². The van der Waals surface area contributed by atoms with Crippen LogP contribution >= 0.6 is 0 Å². The number of fused-ring (bicyclic) bond motifs is 1. The summed E-state index contributed by atoms with van der Waals surface area (Å²) in [5, 5.41) is 9.59. The van der Waals surface area contributed by atoms with Gasteiger partial charge in [-0.3, -0.25) is 0 Å². The Morgan fingerprint density at radius 1 is 0.895 bits per heavy atom. The molecule has 1 heteroatoms. The predicted octanol–water partition coefficient (Wildman–Crippen LogP) is 3.70. The number of aliphatic hydroxyl groups is 1. The van der Waals surface area contributed by atoms with E-state index >= 15 is 0 Å². The highest BCUT2D eigenvalue weighted by atomic mass is 16.3. The fourth-order valence-electron chi connectivity index (χ4n) is 2.56. The van der Waals surface area contributed by atoms with Crippen molar-refractivity contribution in [2.24, 2.45) is 0 Å². The number of hydrogen-bond donors (Lipinski definition) is 1. The van der Waals surface area contributed by atoms with Gasteiger partial charge in [-0.15, -0.1) is 0 Å². The minimum atomic E-state index is 0.103. The molecule has 1 nitrogen and oxygen atoms in total. The summed E-state index contributed by atoms with van der Waals surface area (Å²) in [6.45, 7) is 0.103. The number of allylic oxidation sites excluding steroid dienone is 2. The van der Waals surface area contributed by atoms with Gasteiger partial charge >= 0.3 is 0 Å².